The van der Waals surface area contributed by atoms with Crippen molar-refractivity contribution < 1.29 is 31.2 Å². The molecule has 0 fully saturated rings. The first-order chi connectivity index (χ1) is 14.1. The lowest BCUT2D eigenvalue weighted by molar-refractivity contribution is -0.0517. The molecule has 0 heterocycles. The van der Waals surface area contributed by atoms with Gasteiger partial charge in [0.1, 0.15) is 0 Å². The Labute approximate surface area is 176 Å². The van der Waals surface area contributed by atoms with Gasteiger partial charge < -0.3 is 9.66 Å². The summed E-state index contributed by atoms with van der Waals surface area (Å²) in [6.45, 7) is 0.178. The van der Waals surface area contributed by atoms with E-state index in [0.29, 0.717) is 6.42 Å². The van der Waals surface area contributed by atoms with Gasteiger partial charge in [-0.15, -0.1) is 0 Å². The topological polar surface area (TPSA) is 77.4 Å². The summed E-state index contributed by atoms with van der Waals surface area (Å²) in [6.07, 6.45) is 0.694. The third-order valence-corrected chi connectivity index (χ3v) is 6.71. The lowest BCUT2D eigenvalue weighted by Crippen LogP contribution is -2.21. The molecule has 0 saturated heterocycles. The van der Waals surface area contributed by atoms with Gasteiger partial charge in [0.05, 0.1) is 10.9 Å². The molecule has 0 aliphatic rings. The number of hydrogen-bond acceptors (Lipinski definition) is 4. The van der Waals surface area contributed by atoms with Gasteiger partial charge in [-0.3, -0.25) is 0 Å². The van der Waals surface area contributed by atoms with Gasteiger partial charge in [-0.1, -0.05) is 54.6 Å². The number of aliphatic hydroxyl groups is 1. The second-order valence-electron chi connectivity index (χ2n) is 5.91. The average Bonchev–Trinajstić information content (AvgIpc) is 2.70. The molecule has 0 atom stereocenters. The number of hydrogen-bond donors (Lipinski definition) is 1. The van der Waals surface area contributed by atoms with Crippen LogP contribution in [0.5, 0.6) is 0 Å². The van der Waals surface area contributed by atoms with Gasteiger partial charge in [0.25, 0.3) is 0 Å². The Kier molecular flexibility index (Phi) is 8.48. The molecule has 0 aliphatic heterocycles. The van der Waals surface area contributed by atoms with Crippen LogP contribution in [0.2, 0.25) is 0 Å². The van der Waals surface area contributed by atoms with E-state index in [1.54, 1.807) is 0 Å². The van der Waals surface area contributed by atoms with Crippen LogP contribution in [0, 0.1) is 0 Å². The van der Waals surface area contributed by atoms with Gasteiger partial charge in [0, 0.05) is 18.6 Å². The number of alkyl halides is 3. The van der Waals surface area contributed by atoms with Crippen molar-refractivity contribution in [3.63, 3.8) is 0 Å². The zero-order valence-corrected chi connectivity index (χ0v) is 17.3. The molecule has 4 nitrogen and oxygen atoms in total. The molecular formula is C21H19F3O4S2. The third kappa shape index (κ3) is 6.60. The van der Waals surface area contributed by atoms with Crippen LogP contribution >= 0.6 is 0 Å². The van der Waals surface area contributed by atoms with Crippen LogP contribution in [0.25, 0.3) is 0 Å². The molecule has 3 aromatic carbocycles. The van der Waals surface area contributed by atoms with Gasteiger partial charge in [-0.2, -0.15) is 13.2 Å². The molecule has 0 aliphatic carbocycles. The predicted molar refractivity (Wildman–Crippen MR) is 108 cm³/mol. The van der Waals surface area contributed by atoms with E-state index >= 15 is 0 Å². The first-order valence-electron chi connectivity index (χ1n) is 8.70. The molecule has 0 saturated carbocycles. The van der Waals surface area contributed by atoms with E-state index in [4.69, 9.17) is 13.0 Å². The Hall–Kier alpha value is -2.33. The summed E-state index contributed by atoms with van der Waals surface area (Å²) in [4.78, 5) is 3.91. The lowest BCUT2D eigenvalue weighted by atomic mass is 10.2. The van der Waals surface area contributed by atoms with Gasteiger partial charge >= 0.3 is 5.51 Å². The van der Waals surface area contributed by atoms with E-state index in [0.717, 1.165) is 0 Å². The monoisotopic (exact) mass is 456 g/mol. The summed E-state index contributed by atoms with van der Waals surface area (Å²) in [7, 11) is -6.23. The van der Waals surface area contributed by atoms with Crippen molar-refractivity contribution in [3.8, 4) is 0 Å². The fourth-order valence-corrected chi connectivity index (χ4v) is 4.82. The van der Waals surface area contributed by atoms with Crippen molar-refractivity contribution >= 4 is 21.0 Å². The highest BCUT2D eigenvalue weighted by atomic mass is 32.2. The second kappa shape index (κ2) is 10.6. The molecule has 0 amide bonds. The van der Waals surface area contributed by atoms with Crippen LogP contribution in [-0.2, 0) is 27.4 Å². The summed E-state index contributed by atoms with van der Waals surface area (Å²) >= 11 is 0. The lowest BCUT2D eigenvalue weighted by Gasteiger charge is -2.11. The first-order valence-corrected chi connectivity index (χ1v) is 11.3. The quantitative estimate of drug-likeness (QED) is 0.351. The number of rotatable bonds is 5. The predicted octanol–water partition coefficient (Wildman–Crippen LogP) is 4.37. The normalized spacial score (nSPS) is 11.7. The first kappa shape index (κ1) is 23.9. The summed E-state index contributed by atoms with van der Waals surface area (Å²) in [5.74, 6) is 0. The van der Waals surface area contributed by atoms with Gasteiger partial charge in [-0.25, -0.2) is 8.42 Å². The van der Waals surface area contributed by atoms with Crippen LogP contribution in [0.4, 0.5) is 13.2 Å². The molecule has 0 radical (unpaired) electrons. The molecule has 160 valence electrons. The fourth-order valence-electron chi connectivity index (χ4n) is 2.53. The van der Waals surface area contributed by atoms with Crippen LogP contribution in [-0.4, -0.2) is 30.2 Å². The fraction of sp³-hybridized carbons (Fsp3) is 0.143. The maximum Gasteiger partial charge on any atom is 0.485 e. The van der Waals surface area contributed by atoms with Crippen LogP contribution in [0.1, 0.15) is 5.56 Å². The van der Waals surface area contributed by atoms with Gasteiger partial charge in [0.2, 0.25) is 0 Å². The van der Waals surface area contributed by atoms with E-state index in [2.05, 4.69) is 78.9 Å². The molecule has 0 spiro atoms. The highest BCUT2D eigenvalue weighted by molar-refractivity contribution is 7.97. The largest absolute Gasteiger partial charge is 0.741 e. The Morgan fingerprint density at radius 2 is 1.20 bits per heavy atom. The molecule has 9 heteroatoms. The van der Waals surface area contributed by atoms with Crippen LogP contribution in [0.15, 0.2) is 99.6 Å². The summed E-state index contributed by atoms with van der Waals surface area (Å²) < 4.78 is 58.9. The molecule has 3 aromatic rings. The van der Waals surface area contributed by atoms with Crippen molar-refractivity contribution in [1.29, 1.82) is 0 Å². The highest BCUT2D eigenvalue weighted by Gasteiger charge is 2.37. The van der Waals surface area contributed by atoms with E-state index < -0.39 is 15.6 Å². The Morgan fingerprint density at radius 1 is 0.800 bits per heavy atom. The smallest absolute Gasteiger partial charge is 0.485 e. The molecule has 30 heavy (non-hydrogen) atoms. The van der Waals surface area contributed by atoms with E-state index in [1.165, 1.54) is 20.2 Å². The maximum absolute atomic E-state index is 10.7. The zero-order valence-electron chi connectivity index (χ0n) is 15.6. The second-order valence-corrected chi connectivity index (χ2v) is 9.28. The average molecular weight is 457 g/mol. The summed E-state index contributed by atoms with van der Waals surface area (Å²) in [5, 5.41) is 9.37. The van der Waals surface area contributed by atoms with E-state index in [9.17, 15) is 18.3 Å². The number of halogens is 3. The standard InChI is InChI=1S/C20H19OS.CHF3O3S/c21-16-15-17-9-7-8-14-20(17)22(18-10-3-1-4-11-18)19-12-5-2-6-13-19;2-1(3,4)8(5,6)7/h1-14,21H,15-16H2;(H,5,6,7)/q+1;/p-1. The minimum atomic E-state index is -6.09. The van der Waals surface area contributed by atoms with Crippen molar-refractivity contribution in [2.45, 2.75) is 26.6 Å². The Balaban J connectivity index is 0.000000343. The molecule has 0 bridgehead atoms. The minimum absolute atomic E-state index is 0.139. The van der Waals surface area contributed by atoms with Crippen LogP contribution < -0.4 is 0 Å². The van der Waals surface area contributed by atoms with Crippen LogP contribution in [0.3, 0.4) is 0 Å². The molecule has 3 rings (SSSR count). The minimum Gasteiger partial charge on any atom is -0.741 e. The summed E-state index contributed by atoms with van der Waals surface area (Å²) in [6, 6.07) is 29.7. The zero-order chi connectivity index (χ0) is 22.2. The SMILES string of the molecule is O=S(=O)([O-])C(F)(F)F.OCCc1ccccc1[S+](c1ccccc1)c1ccccc1. The maximum atomic E-state index is 10.7. The third-order valence-electron chi connectivity index (χ3n) is 3.81. The molecule has 0 unspecified atom stereocenters. The van der Waals surface area contributed by atoms with E-state index in [1.807, 2.05) is 6.07 Å². The van der Waals surface area contributed by atoms with Crippen molar-refractivity contribution in [2.24, 2.45) is 0 Å². The Bertz CT molecular complexity index is 985. The molecular weight excluding hydrogens is 437 g/mol. The molecule has 0 aromatic heterocycles. The number of aliphatic hydroxyl groups excluding tert-OH is 1. The van der Waals surface area contributed by atoms with Crippen molar-refractivity contribution in [2.75, 3.05) is 6.61 Å². The summed E-state index contributed by atoms with van der Waals surface area (Å²) in [5.41, 5.74) is -4.42. The highest BCUT2D eigenvalue weighted by Crippen LogP contribution is 2.33. The van der Waals surface area contributed by atoms with Gasteiger partial charge in [0.15, 0.2) is 24.8 Å². The van der Waals surface area contributed by atoms with Crippen molar-refractivity contribution in [1.82, 2.24) is 0 Å². The number of benzene rings is 3. The van der Waals surface area contributed by atoms with E-state index in [-0.39, 0.29) is 17.5 Å². The van der Waals surface area contributed by atoms with Gasteiger partial charge in [-0.05, 0) is 30.3 Å². The van der Waals surface area contributed by atoms with Crippen molar-refractivity contribution in [3.05, 3.63) is 90.5 Å². The Morgan fingerprint density at radius 3 is 1.60 bits per heavy atom. The molecule has 1 N–H and O–H groups in total.